The van der Waals surface area contributed by atoms with Gasteiger partial charge in [0.25, 0.3) is 5.91 Å². The van der Waals surface area contributed by atoms with E-state index in [1.165, 1.54) is 34.8 Å². The number of amides is 1. The summed E-state index contributed by atoms with van der Waals surface area (Å²) in [5.74, 6) is 0.293. The van der Waals surface area contributed by atoms with Gasteiger partial charge in [0, 0.05) is 11.6 Å². The van der Waals surface area contributed by atoms with Crippen LogP contribution in [0, 0.1) is 0 Å². The van der Waals surface area contributed by atoms with Gasteiger partial charge in [0.15, 0.2) is 0 Å². The smallest absolute Gasteiger partial charge is 0.258 e. The average molecular weight is 450 g/mol. The Balaban J connectivity index is 1.64. The molecule has 1 heterocycles. The third-order valence-electron chi connectivity index (χ3n) is 4.57. The van der Waals surface area contributed by atoms with E-state index in [1.54, 1.807) is 0 Å². The standard InChI is InChI=1S/C21H24ClN3O4S/c1-15(2)29-18-9-5-16(6-10-18)14-23-24-21(26)20-4-3-13-25(20)30(27,28)19-11-7-17(22)8-12-19/h5-12,14-15,20H,3-4,13H2,1-2H3,(H,24,26)/t20-/m0/s1. The second-order valence-electron chi connectivity index (χ2n) is 7.20. The minimum Gasteiger partial charge on any atom is -0.491 e. The fraction of sp³-hybridized carbons (Fsp3) is 0.333. The highest BCUT2D eigenvalue weighted by Gasteiger charge is 2.39. The largest absolute Gasteiger partial charge is 0.491 e. The number of ether oxygens (including phenoxy) is 1. The van der Waals surface area contributed by atoms with E-state index in [2.05, 4.69) is 10.5 Å². The molecule has 1 fully saturated rings. The third kappa shape index (κ3) is 5.38. The first-order chi connectivity index (χ1) is 14.3. The number of sulfonamides is 1. The van der Waals surface area contributed by atoms with Crippen LogP contribution < -0.4 is 10.2 Å². The van der Waals surface area contributed by atoms with Gasteiger partial charge in [-0.1, -0.05) is 11.6 Å². The lowest BCUT2D eigenvalue weighted by Gasteiger charge is -2.22. The second-order valence-corrected chi connectivity index (χ2v) is 9.52. The van der Waals surface area contributed by atoms with Gasteiger partial charge < -0.3 is 4.74 Å². The second kappa shape index (κ2) is 9.59. The molecule has 160 valence electrons. The quantitative estimate of drug-likeness (QED) is 0.518. The molecule has 1 saturated heterocycles. The summed E-state index contributed by atoms with van der Waals surface area (Å²) in [6.07, 6.45) is 2.63. The molecule has 3 rings (SSSR count). The molecular formula is C21H24ClN3O4S. The van der Waals surface area contributed by atoms with E-state index in [4.69, 9.17) is 16.3 Å². The minimum atomic E-state index is -3.79. The Labute approximate surface area is 181 Å². The predicted molar refractivity (Wildman–Crippen MR) is 116 cm³/mol. The first-order valence-electron chi connectivity index (χ1n) is 9.64. The van der Waals surface area contributed by atoms with Crippen molar-refractivity contribution >= 4 is 33.7 Å². The van der Waals surface area contributed by atoms with Gasteiger partial charge in [-0.15, -0.1) is 0 Å². The SMILES string of the molecule is CC(C)Oc1ccc(C=NNC(=O)[C@@H]2CCCN2S(=O)(=O)c2ccc(Cl)cc2)cc1. The summed E-state index contributed by atoms with van der Waals surface area (Å²) in [6, 6.07) is 12.4. The summed E-state index contributed by atoms with van der Waals surface area (Å²) >= 11 is 5.84. The number of nitrogens with zero attached hydrogens (tertiary/aromatic N) is 2. The van der Waals surface area contributed by atoms with Crippen molar-refractivity contribution in [2.24, 2.45) is 5.10 Å². The van der Waals surface area contributed by atoms with Gasteiger partial charge >= 0.3 is 0 Å². The van der Waals surface area contributed by atoms with Crippen molar-refractivity contribution in [3.63, 3.8) is 0 Å². The lowest BCUT2D eigenvalue weighted by molar-refractivity contribution is -0.124. The summed E-state index contributed by atoms with van der Waals surface area (Å²) in [7, 11) is -3.79. The molecular weight excluding hydrogens is 426 g/mol. The number of hydrogen-bond donors (Lipinski definition) is 1. The maximum atomic E-state index is 12.9. The Morgan fingerprint density at radius 1 is 1.20 bits per heavy atom. The number of benzene rings is 2. The van der Waals surface area contributed by atoms with Crippen LogP contribution in [0.1, 0.15) is 32.3 Å². The molecule has 2 aromatic carbocycles. The lowest BCUT2D eigenvalue weighted by Crippen LogP contribution is -2.44. The zero-order valence-electron chi connectivity index (χ0n) is 16.8. The van der Waals surface area contributed by atoms with Crippen molar-refractivity contribution in [1.29, 1.82) is 0 Å². The molecule has 1 aliphatic rings. The van der Waals surface area contributed by atoms with E-state index in [0.29, 0.717) is 17.9 Å². The lowest BCUT2D eigenvalue weighted by atomic mass is 10.2. The number of hydrazone groups is 1. The summed E-state index contributed by atoms with van der Waals surface area (Å²) < 4.78 is 32.6. The van der Waals surface area contributed by atoms with Crippen LogP contribution in [0.25, 0.3) is 0 Å². The normalized spacial score (nSPS) is 17.5. The molecule has 1 amide bonds. The van der Waals surface area contributed by atoms with Crippen molar-refractivity contribution in [3.8, 4) is 5.75 Å². The molecule has 1 N–H and O–H groups in total. The van der Waals surface area contributed by atoms with Crippen LogP contribution in [0.4, 0.5) is 0 Å². The van der Waals surface area contributed by atoms with Crippen molar-refractivity contribution in [2.75, 3.05) is 6.54 Å². The van der Waals surface area contributed by atoms with Gasteiger partial charge in [0.1, 0.15) is 11.8 Å². The highest BCUT2D eigenvalue weighted by atomic mass is 35.5. The monoisotopic (exact) mass is 449 g/mol. The molecule has 2 aromatic rings. The summed E-state index contributed by atoms with van der Waals surface area (Å²) in [5.41, 5.74) is 3.24. The van der Waals surface area contributed by atoms with Gasteiger partial charge in [-0.25, -0.2) is 13.8 Å². The van der Waals surface area contributed by atoms with Crippen molar-refractivity contribution < 1.29 is 17.9 Å². The number of nitrogens with one attached hydrogen (secondary N) is 1. The minimum absolute atomic E-state index is 0.0855. The van der Waals surface area contributed by atoms with E-state index in [9.17, 15) is 13.2 Å². The van der Waals surface area contributed by atoms with Crippen LogP contribution in [0.15, 0.2) is 58.5 Å². The third-order valence-corrected chi connectivity index (χ3v) is 6.74. The van der Waals surface area contributed by atoms with Gasteiger partial charge in [-0.05, 0) is 80.8 Å². The van der Waals surface area contributed by atoms with Crippen LogP contribution in [0.3, 0.4) is 0 Å². The van der Waals surface area contributed by atoms with Crippen LogP contribution >= 0.6 is 11.6 Å². The number of carbonyl (C=O) groups excluding carboxylic acids is 1. The van der Waals surface area contributed by atoms with Crippen molar-refractivity contribution in [3.05, 3.63) is 59.1 Å². The molecule has 0 aromatic heterocycles. The average Bonchev–Trinajstić information content (AvgIpc) is 3.20. The predicted octanol–water partition coefficient (Wildman–Crippen LogP) is 3.43. The number of halogens is 1. The number of carbonyl (C=O) groups is 1. The van der Waals surface area contributed by atoms with E-state index in [0.717, 1.165) is 11.3 Å². The molecule has 7 nitrogen and oxygen atoms in total. The molecule has 0 saturated carbocycles. The molecule has 9 heteroatoms. The van der Waals surface area contributed by atoms with E-state index >= 15 is 0 Å². The van der Waals surface area contributed by atoms with Crippen LogP contribution in [-0.4, -0.2) is 43.5 Å². The Bertz CT molecular complexity index is 1010. The van der Waals surface area contributed by atoms with Crippen molar-refractivity contribution in [1.82, 2.24) is 9.73 Å². The molecule has 0 bridgehead atoms. The van der Waals surface area contributed by atoms with Gasteiger partial charge in [-0.2, -0.15) is 9.41 Å². The van der Waals surface area contributed by atoms with Crippen LogP contribution in [-0.2, 0) is 14.8 Å². The molecule has 0 radical (unpaired) electrons. The van der Waals surface area contributed by atoms with Gasteiger partial charge in [-0.3, -0.25) is 4.79 Å². The Hall–Kier alpha value is -2.42. The van der Waals surface area contributed by atoms with Crippen LogP contribution in [0.5, 0.6) is 5.75 Å². The summed E-state index contributed by atoms with van der Waals surface area (Å²) in [5, 5.41) is 4.42. The maximum absolute atomic E-state index is 12.9. The summed E-state index contributed by atoms with van der Waals surface area (Å²) in [6.45, 7) is 4.18. The van der Waals surface area contributed by atoms with Gasteiger partial charge in [0.05, 0.1) is 17.2 Å². The first kappa shape index (κ1) is 22.3. The molecule has 1 aliphatic heterocycles. The van der Waals surface area contributed by atoms with E-state index in [-0.39, 0.29) is 17.5 Å². The van der Waals surface area contributed by atoms with Gasteiger partial charge in [0.2, 0.25) is 10.0 Å². The summed E-state index contributed by atoms with van der Waals surface area (Å²) in [4.78, 5) is 12.7. The zero-order chi connectivity index (χ0) is 21.7. The topological polar surface area (TPSA) is 88.1 Å². The highest BCUT2D eigenvalue weighted by molar-refractivity contribution is 7.89. The Morgan fingerprint density at radius 2 is 1.87 bits per heavy atom. The number of hydrogen-bond acceptors (Lipinski definition) is 5. The number of rotatable bonds is 7. The molecule has 30 heavy (non-hydrogen) atoms. The molecule has 0 spiro atoms. The molecule has 0 aliphatic carbocycles. The Kier molecular flexibility index (Phi) is 7.12. The Morgan fingerprint density at radius 3 is 2.50 bits per heavy atom. The van der Waals surface area contributed by atoms with Crippen molar-refractivity contribution in [2.45, 2.75) is 43.7 Å². The van der Waals surface area contributed by atoms with Crippen LogP contribution in [0.2, 0.25) is 5.02 Å². The van der Waals surface area contributed by atoms with E-state index < -0.39 is 22.0 Å². The highest BCUT2D eigenvalue weighted by Crippen LogP contribution is 2.27. The fourth-order valence-electron chi connectivity index (χ4n) is 3.18. The molecule has 0 unspecified atom stereocenters. The zero-order valence-corrected chi connectivity index (χ0v) is 18.4. The maximum Gasteiger partial charge on any atom is 0.258 e. The first-order valence-corrected chi connectivity index (χ1v) is 11.5. The molecule has 1 atom stereocenters. The fourth-order valence-corrected chi connectivity index (χ4v) is 4.96. The van der Waals surface area contributed by atoms with E-state index in [1.807, 2.05) is 38.1 Å².